The van der Waals surface area contributed by atoms with Crippen LogP contribution < -0.4 is 0 Å². The van der Waals surface area contributed by atoms with Crippen LogP contribution in [-0.2, 0) is 9.98 Å². The van der Waals surface area contributed by atoms with Crippen LogP contribution in [0.25, 0.3) is 0 Å². The van der Waals surface area contributed by atoms with Gasteiger partial charge in [-0.05, 0) is 11.0 Å². The van der Waals surface area contributed by atoms with Crippen LogP contribution in [0.1, 0.15) is 19.4 Å². The molecule has 0 saturated heterocycles. The number of hydrogen-bond acceptors (Lipinski definition) is 1. The van der Waals surface area contributed by atoms with Crippen LogP contribution in [0.3, 0.4) is 0 Å². The Labute approximate surface area is 79.5 Å². The molecule has 13 heavy (non-hydrogen) atoms. The van der Waals surface area contributed by atoms with Gasteiger partial charge in [-0.3, -0.25) is 4.57 Å². The molecule has 1 unspecified atom stereocenters. The lowest BCUT2D eigenvalue weighted by molar-refractivity contribution is 0.480. The van der Waals surface area contributed by atoms with E-state index in [1.54, 1.807) is 0 Å². The SMILES string of the molecule is CC(C)(C[PH](=O)O)c1ccccc1. The molecule has 3 heteroatoms. The van der Waals surface area contributed by atoms with Crippen molar-refractivity contribution in [2.24, 2.45) is 0 Å². The van der Waals surface area contributed by atoms with Gasteiger partial charge in [0.05, 0.1) is 0 Å². The third kappa shape index (κ3) is 2.98. The third-order valence-electron chi connectivity index (χ3n) is 2.15. The van der Waals surface area contributed by atoms with Crippen LogP contribution >= 0.6 is 8.03 Å². The zero-order valence-electron chi connectivity index (χ0n) is 7.95. The predicted molar refractivity (Wildman–Crippen MR) is 55.6 cm³/mol. The second kappa shape index (κ2) is 4.08. The maximum atomic E-state index is 10.8. The van der Waals surface area contributed by atoms with Crippen LogP contribution in [0.4, 0.5) is 0 Å². The van der Waals surface area contributed by atoms with E-state index in [-0.39, 0.29) is 5.41 Å². The van der Waals surface area contributed by atoms with E-state index in [1.165, 1.54) is 0 Å². The van der Waals surface area contributed by atoms with Crippen LogP contribution in [-0.4, -0.2) is 11.1 Å². The largest absolute Gasteiger partial charge is 0.346 e. The maximum Gasteiger partial charge on any atom is 0.189 e. The van der Waals surface area contributed by atoms with E-state index in [1.807, 2.05) is 44.2 Å². The fourth-order valence-electron chi connectivity index (χ4n) is 1.37. The summed E-state index contributed by atoms with van der Waals surface area (Å²) in [5, 5.41) is 0. The van der Waals surface area contributed by atoms with E-state index in [0.29, 0.717) is 6.16 Å². The van der Waals surface area contributed by atoms with Crippen molar-refractivity contribution in [1.29, 1.82) is 0 Å². The van der Waals surface area contributed by atoms with E-state index in [2.05, 4.69) is 0 Å². The molecule has 0 aliphatic rings. The zero-order valence-corrected chi connectivity index (χ0v) is 8.95. The van der Waals surface area contributed by atoms with Gasteiger partial charge >= 0.3 is 0 Å². The summed E-state index contributed by atoms with van der Waals surface area (Å²) in [5.41, 5.74) is 0.911. The molecular weight excluding hydrogens is 183 g/mol. The van der Waals surface area contributed by atoms with Gasteiger partial charge in [-0.1, -0.05) is 44.2 Å². The highest BCUT2D eigenvalue weighted by Crippen LogP contribution is 2.31. The molecule has 2 nitrogen and oxygen atoms in total. The van der Waals surface area contributed by atoms with Gasteiger partial charge in [-0.25, -0.2) is 0 Å². The molecule has 0 heterocycles. The van der Waals surface area contributed by atoms with Gasteiger partial charge in [-0.2, -0.15) is 0 Å². The average molecular weight is 198 g/mol. The Morgan fingerprint density at radius 1 is 1.31 bits per heavy atom. The van der Waals surface area contributed by atoms with Crippen LogP contribution in [0, 0.1) is 0 Å². The number of rotatable bonds is 3. The smallest absolute Gasteiger partial charge is 0.189 e. The molecule has 0 aliphatic carbocycles. The first-order valence-corrected chi connectivity index (χ1v) is 5.86. The van der Waals surface area contributed by atoms with Gasteiger partial charge in [0.1, 0.15) is 0 Å². The maximum absolute atomic E-state index is 10.8. The summed E-state index contributed by atoms with van der Waals surface area (Å²) in [5.74, 6) is 0. The zero-order chi connectivity index (χ0) is 9.90. The Morgan fingerprint density at radius 2 is 1.85 bits per heavy atom. The van der Waals surface area contributed by atoms with Crippen molar-refractivity contribution in [3.63, 3.8) is 0 Å². The molecular formula is C10H15O2P. The van der Waals surface area contributed by atoms with Crippen molar-refractivity contribution in [3.8, 4) is 0 Å². The Hall–Kier alpha value is -0.590. The lowest BCUT2D eigenvalue weighted by Crippen LogP contribution is -2.19. The molecule has 0 radical (unpaired) electrons. The van der Waals surface area contributed by atoms with E-state index in [4.69, 9.17) is 4.89 Å². The normalized spacial score (nSPS) is 14.1. The number of hydrogen-bond donors (Lipinski definition) is 1. The highest BCUT2D eigenvalue weighted by Gasteiger charge is 2.21. The van der Waals surface area contributed by atoms with Crippen molar-refractivity contribution in [2.45, 2.75) is 19.3 Å². The van der Waals surface area contributed by atoms with Crippen molar-refractivity contribution in [1.82, 2.24) is 0 Å². The molecule has 1 aromatic carbocycles. The second-order valence-corrected chi connectivity index (χ2v) is 4.96. The molecule has 0 bridgehead atoms. The summed E-state index contributed by atoms with van der Waals surface area (Å²) in [6.45, 7) is 3.97. The molecule has 0 saturated carbocycles. The lowest BCUT2D eigenvalue weighted by Gasteiger charge is -2.23. The summed E-state index contributed by atoms with van der Waals surface area (Å²) in [4.78, 5) is 8.90. The topological polar surface area (TPSA) is 37.3 Å². The van der Waals surface area contributed by atoms with Crippen LogP contribution in [0.2, 0.25) is 0 Å². The first-order chi connectivity index (χ1) is 6.02. The Kier molecular flexibility index (Phi) is 3.29. The summed E-state index contributed by atoms with van der Waals surface area (Å²) < 4.78 is 10.8. The van der Waals surface area contributed by atoms with E-state index in [0.717, 1.165) is 5.56 Å². The minimum Gasteiger partial charge on any atom is -0.346 e. The quantitative estimate of drug-likeness (QED) is 0.757. The van der Waals surface area contributed by atoms with E-state index >= 15 is 0 Å². The van der Waals surface area contributed by atoms with Crippen molar-refractivity contribution < 1.29 is 9.46 Å². The van der Waals surface area contributed by atoms with Gasteiger partial charge in [0.15, 0.2) is 8.03 Å². The first kappa shape index (κ1) is 10.5. The Bertz CT molecular complexity index is 293. The fourth-order valence-corrected chi connectivity index (χ4v) is 2.33. The average Bonchev–Trinajstić information content (AvgIpc) is 2.04. The summed E-state index contributed by atoms with van der Waals surface area (Å²) >= 11 is 0. The lowest BCUT2D eigenvalue weighted by atomic mass is 9.87. The van der Waals surface area contributed by atoms with Gasteiger partial charge in [0.2, 0.25) is 0 Å². The fraction of sp³-hybridized carbons (Fsp3) is 0.400. The predicted octanol–water partition coefficient (Wildman–Crippen LogP) is 2.43. The minimum absolute atomic E-state index is 0.202. The number of benzene rings is 1. The van der Waals surface area contributed by atoms with E-state index < -0.39 is 8.03 Å². The van der Waals surface area contributed by atoms with Crippen molar-refractivity contribution in [3.05, 3.63) is 35.9 Å². The van der Waals surface area contributed by atoms with Gasteiger partial charge < -0.3 is 4.89 Å². The molecule has 0 aromatic heterocycles. The molecule has 0 spiro atoms. The summed E-state index contributed by atoms with van der Waals surface area (Å²) in [6.07, 6.45) is 0.349. The summed E-state index contributed by atoms with van der Waals surface area (Å²) in [6, 6.07) is 9.83. The minimum atomic E-state index is -2.39. The molecule has 1 N–H and O–H groups in total. The van der Waals surface area contributed by atoms with Crippen LogP contribution in [0.15, 0.2) is 30.3 Å². The first-order valence-electron chi connectivity index (χ1n) is 4.30. The molecule has 0 aliphatic heterocycles. The third-order valence-corrected chi connectivity index (χ3v) is 3.33. The van der Waals surface area contributed by atoms with Crippen molar-refractivity contribution in [2.75, 3.05) is 6.16 Å². The standard InChI is InChI=1S/C10H15O2P/c1-10(2,8-13(11)12)9-6-4-3-5-7-9/h3-7,13H,8H2,1-2H3,(H,11,12). The Balaban J connectivity index is 2.87. The van der Waals surface area contributed by atoms with Gasteiger partial charge in [0.25, 0.3) is 0 Å². The van der Waals surface area contributed by atoms with Crippen molar-refractivity contribution >= 4 is 8.03 Å². The monoisotopic (exact) mass is 198 g/mol. The van der Waals surface area contributed by atoms with E-state index in [9.17, 15) is 4.57 Å². The van der Waals surface area contributed by atoms with Crippen LogP contribution in [0.5, 0.6) is 0 Å². The molecule has 0 fully saturated rings. The molecule has 0 amide bonds. The summed E-state index contributed by atoms with van der Waals surface area (Å²) in [7, 11) is -2.39. The van der Waals surface area contributed by atoms with Gasteiger partial charge in [-0.15, -0.1) is 0 Å². The molecule has 1 rings (SSSR count). The molecule has 1 aromatic rings. The van der Waals surface area contributed by atoms with Gasteiger partial charge in [0, 0.05) is 6.16 Å². The molecule has 72 valence electrons. The highest BCUT2D eigenvalue weighted by atomic mass is 31.1. The second-order valence-electron chi connectivity index (χ2n) is 3.82. The Morgan fingerprint density at radius 3 is 2.31 bits per heavy atom. The highest BCUT2D eigenvalue weighted by molar-refractivity contribution is 7.38. The molecule has 1 atom stereocenters.